The summed E-state index contributed by atoms with van der Waals surface area (Å²) < 4.78 is 2.00. The molecule has 0 amide bonds. The van der Waals surface area contributed by atoms with Crippen LogP contribution in [-0.2, 0) is 19.3 Å². The molecule has 33 heavy (non-hydrogen) atoms. The van der Waals surface area contributed by atoms with E-state index in [4.69, 9.17) is 16.6 Å². The molecule has 0 atom stereocenters. The maximum Gasteiger partial charge on any atom is 0.155 e. The number of hydrogen-bond acceptors (Lipinski definition) is 5. The lowest BCUT2D eigenvalue weighted by atomic mass is 9.76. The third-order valence-electron chi connectivity index (χ3n) is 7.47. The van der Waals surface area contributed by atoms with Gasteiger partial charge in [0.2, 0.25) is 0 Å². The van der Waals surface area contributed by atoms with Gasteiger partial charge in [0, 0.05) is 36.7 Å². The van der Waals surface area contributed by atoms with Crippen molar-refractivity contribution in [2.24, 2.45) is 5.41 Å². The minimum atomic E-state index is 0.347. The van der Waals surface area contributed by atoms with E-state index in [1.807, 2.05) is 36.1 Å². The lowest BCUT2D eigenvalue weighted by Crippen LogP contribution is -2.41. The van der Waals surface area contributed by atoms with Crippen LogP contribution in [-0.4, -0.2) is 37.7 Å². The fraction of sp³-hybridized carbons (Fsp3) is 0.385. The molecule has 4 aromatic rings. The first kappa shape index (κ1) is 20.6. The largest absolute Gasteiger partial charge is 0.355 e. The van der Waals surface area contributed by atoms with E-state index >= 15 is 0 Å². The molecule has 1 aliphatic carbocycles. The Morgan fingerprint density at radius 3 is 2.67 bits per heavy atom. The Balaban J connectivity index is 1.33. The third kappa shape index (κ3) is 3.31. The van der Waals surface area contributed by atoms with Gasteiger partial charge in [0.25, 0.3) is 0 Å². The molecular formula is C26H27ClN6. The monoisotopic (exact) mass is 458 g/mol. The van der Waals surface area contributed by atoms with Crippen LogP contribution < -0.4 is 4.90 Å². The average Bonchev–Trinajstić information content (AvgIpc) is 3.44. The number of fused-ring (bicyclic) bond motifs is 2. The topological polar surface area (TPSA) is 59.2 Å². The molecule has 0 unspecified atom stereocenters. The third-order valence-corrected chi connectivity index (χ3v) is 7.89. The number of hydrogen-bond donors (Lipinski definition) is 0. The molecule has 1 fully saturated rings. The predicted molar refractivity (Wildman–Crippen MR) is 131 cm³/mol. The number of aryl methyl sites for hydroxylation is 2. The normalized spacial score (nSPS) is 17.1. The van der Waals surface area contributed by atoms with Crippen molar-refractivity contribution in [2.45, 2.75) is 46.0 Å². The van der Waals surface area contributed by atoms with Crippen LogP contribution in [0.2, 0.25) is 5.02 Å². The van der Waals surface area contributed by atoms with E-state index in [1.54, 1.807) is 0 Å². The fourth-order valence-electron chi connectivity index (χ4n) is 5.69. The van der Waals surface area contributed by atoms with Crippen molar-refractivity contribution in [3.63, 3.8) is 0 Å². The smallest absolute Gasteiger partial charge is 0.155 e. The molecule has 0 radical (unpaired) electrons. The van der Waals surface area contributed by atoms with Gasteiger partial charge < -0.3 is 4.90 Å². The van der Waals surface area contributed by atoms with Crippen LogP contribution in [0.15, 0.2) is 42.9 Å². The van der Waals surface area contributed by atoms with Crippen molar-refractivity contribution in [2.75, 3.05) is 18.0 Å². The Morgan fingerprint density at radius 1 is 1.03 bits per heavy atom. The first-order chi connectivity index (χ1) is 16.1. The number of nitrogens with zero attached hydrogens (tertiary/aromatic N) is 6. The quantitative estimate of drug-likeness (QED) is 0.427. The van der Waals surface area contributed by atoms with Crippen molar-refractivity contribution >= 4 is 22.9 Å². The van der Waals surface area contributed by atoms with Gasteiger partial charge in [-0.1, -0.05) is 24.6 Å². The molecule has 1 spiro atoms. The van der Waals surface area contributed by atoms with Gasteiger partial charge in [-0.05, 0) is 68.2 Å². The molecule has 5 heterocycles. The van der Waals surface area contributed by atoms with Crippen molar-refractivity contribution < 1.29 is 0 Å². The average molecular weight is 459 g/mol. The Morgan fingerprint density at radius 2 is 1.88 bits per heavy atom. The number of rotatable bonds is 3. The molecule has 1 aliphatic heterocycles. The van der Waals surface area contributed by atoms with Gasteiger partial charge in [0.15, 0.2) is 5.82 Å². The second-order valence-electron chi connectivity index (χ2n) is 9.42. The van der Waals surface area contributed by atoms with Crippen LogP contribution in [0, 0.1) is 12.3 Å². The zero-order chi connectivity index (χ0) is 22.6. The Kier molecular flexibility index (Phi) is 4.87. The van der Waals surface area contributed by atoms with Gasteiger partial charge >= 0.3 is 0 Å². The van der Waals surface area contributed by atoms with E-state index in [2.05, 4.69) is 45.1 Å². The van der Waals surface area contributed by atoms with Gasteiger partial charge in [-0.2, -0.15) is 5.10 Å². The molecule has 2 aliphatic rings. The standard InChI is InChI=1S/C26H27ClN6/c1-3-20-23(27)19(6-11-29-20)24-17(2)31-25(22-7-12-30-33(22)24)32-13-8-26(9-14-32)15-18-5-4-10-28-21(18)16-26/h4-7,10-12H,3,8-9,13-16H2,1-2H3. The van der Waals surface area contributed by atoms with E-state index < -0.39 is 0 Å². The summed E-state index contributed by atoms with van der Waals surface area (Å²) in [4.78, 5) is 16.6. The number of pyridine rings is 2. The van der Waals surface area contributed by atoms with Crippen molar-refractivity contribution in [3.8, 4) is 11.3 Å². The highest BCUT2D eigenvalue weighted by Crippen LogP contribution is 2.45. The zero-order valence-electron chi connectivity index (χ0n) is 19.1. The molecule has 0 aromatic carbocycles. The molecule has 0 bridgehead atoms. The molecule has 6 nitrogen and oxygen atoms in total. The summed E-state index contributed by atoms with van der Waals surface area (Å²) in [6.45, 7) is 6.11. The lowest BCUT2D eigenvalue weighted by Gasteiger charge is -2.40. The van der Waals surface area contributed by atoms with E-state index in [-0.39, 0.29) is 0 Å². The first-order valence-electron chi connectivity index (χ1n) is 11.7. The van der Waals surface area contributed by atoms with Crippen LogP contribution in [0.5, 0.6) is 0 Å². The minimum absolute atomic E-state index is 0.347. The Labute approximate surface area is 198 Å². The van der Waals surface area contributed by atoms with Crippen LogP contribution in [0.25, 0.3) is 16.8 Å². The molecule has 7 heteroatoms. The summed E-state index contributed by atoms with van der Waals surface area (Å²) in [7, 11) is 0. The molecular weight excluding hydrogens is 432 g/mol. The second kappa shape index (κ2) is 7.80. The maximum absolute atomic E-state index is 6.73. The van der Waals surface area contributed by atoms with E-state index in [0.717, 1.165) is 79.2 Å². The maximum atomic E-state index is 6.73. The highest BCUT2D eigenvalue weighted by atomic mass is 35.5. The summed E-state index contributed by atoms with van der Waals surface area (Å²) in [5, 5.41) is 5.35. The molecule has 1 saturated heterocycles. The number of aromatic nitrogens is 5. The van der Waals surface area contributed by atoms with Gasteiger partial charge in [-0.15, -0.1) is 0 Å². The van der Waals surface area contributed by atoms with Gasteiger partial charge in [-0.3, -0.25) is 9.97 Å². The summed E-state index contributed by atoms with van der Waals surface area (Å²) in [6.07, 6.45) is 10.9. The summed E-state index contributed by atoms with van der Waals surface area (Å²) in [5.41, 5.74) is 7.79. The summed E-state index contributed by atoms with van der Waals surface area (Å²) in [6, 6.07) is 8.33. The van der Waals surface area contributed by atoms with Crippen LogP contribution in [0.3, 0.4) is 0 Å². The second-order valence-corrected chi connectivity index (χ2v) is 9.80. The Bertz CT molecular complexity index is 1330. The SMILES string of the molecule is CCc1nccc(-c2c(C)nc(N3CCC4(CC3)Cc3cccnc3C4)c3ccnn23)c1Cl. The number of piperidine rings is 1. The minimum Gasteiger partial charge on any atom is -0.355 e. The zero-order valence-corrected chi connectivity index (χ0v) is 19.8. The molecule has 0 saturated carbocycles. The van der Waals surface area contributed by atoms with E-state index in [1.165, 1.54) is 11.3 Å². The molecule has 6 rings (SSSR count). The summed E-state index contributed by atoms with van der Waals surface area (Å²) in [5.74, 6) is 1.01. The molecule has 4 aromatic heterocycles. The van der Waals surface area contributed by atoms with Crippen molar-refractivity contribution in [3.05, 3.63) is 70.5 Å². The summed E-state index contributed by atoms with van der Waals surface area (Å²) >= 11 is 6.73. The molecule has 168 valence electrons. The fourth-order valence-corrected chi connectivity index (χ4v) is 6.03. The Hall–Kier alpha value is -2.99. The van der Waals surface area contributed by atoms with Crippen molar-refractivity contribution in [1.82, 2.24) is 24.6 Å². The molecule has 0 N–H and O–H groups in total. The first-order valence-corrected chi connectivity index (χ1v) is 12.1. The van der Waals surface area contributed by atoms with Crippen LogP contribution >= 0.6 is 11.6 Å². The van der Waals surface area contributed by atoms with Gasteiger partial charge in [0.1, 0.15) is 5.52 Å². The van der Waals surface area contributed by atoms with Crippen molar-refractivity contribution in [1.29, 1.82) is 0 Å². The van der Waals surface area contributed by atoms with Crippen LogP contribution in [0.4, 0.5) is 5.82 Å². The van der Waals surface area contributed by atoms with Gasteiger partial charge in [-0.25, -0.2) is 9.50 Å². The van der Waals surface area contributed by atoms with E-state index in [9.17, 15) is 0 Å². The van der Waals surface area contributed by atoms with Gasteiger partial charge in [0.05, 0.1) is 28.3 Å². The van der Waals surface area contributed by atoms with E-state index in [0.29, 0.717) is 10.4 Å². The predicted octanol–water partition coefficient (Wildman–Crippen LogP) is 5.10. The number of anilines is 1. The highest BCUT2D eigenvalue weighted by molar-refractivity contribution is 6.33. The van der Waals surface area contributed by atoms with Crippen LogP contribution in [0.1, 0.15) is 42.4 Å². The number of halogens is 1. The lowest BCUT2D eigenvalue weighted by molar-refractivity contribution is 0.231. The highest BCUT2D eigenvalue weighted by Gasteiger charge is 2.41.